The molecule has 2 amide bonds. The number of rotatable bonds is 8. The topological polar surface area (TPSA) is 95.9 Å². The summed E-state index contributed by atoms with van der Waals surface area (Å²) < 4.78 is 5.65. The number of amides is 2. The Morgan fingerprint density at radius 3 is 2.31 bits per heavy atom. The van der Waals surface area contributed by atoms with Gasteiger partial charge in [-0.3, -0.25) is 9.59 Å². The second kappa shape index (κ2) is 10.9. The first-order chi connectivity index (χ1) is 16.9. The van der Waals surface area contributed by atoms with Crippen LogP contribution in [-0.2, 0) is 14.3 Å². The highest BCUT2D eigenvalue weighted by molar-refractivity contribution is 5.86. The van der Waals surface area contributed by atoms with Crippen molar-refractivity contribution in [2.24, 2.45) is 11.8 Å². The monoisotopic (exact) mass is 478 g/mol. The van der Waals surface area contributed by atoms with E-state index in [9.17, 15) is 19.5 Å². The van der Waals surface area contributed by atoms with Crippen LogP contribution in [0.3, 0.4) is 0 Å². The van der Waals surface area contributed by atoms with Crippen LogP contribution in [0.2, 0.25) is 0 Å². The highest BCUT2D eigenvalue weighted by Crippen LogP contribution is 2.44. The summed E-state index contributed by atoms with van der Waals surface area (Å²) in [6.07, 6.45) is 2.15. The number of nitrogens with zero attached hydrogens (tertiary/aromatic N) is 1. The standard InChI is InChI=1S/C28H34N2O5/c1-3-4-13-25(26(31)30-15-14-18(2)23(16-30)27(32)33)29-28(34)35-17-24-21-11-7-5-9-19(21)20-10-6-8-12-22(20)24/h5-12,18,23-25H,3-4,13-17H2,1-2H3,(H,29,34)(H,32,33). The molecule has 35 heavy (non-hydrogen) atoms. The summed E-state index contributed by atoms with van der Waals surface area (Å²) >= 11 is 0. The van der Waals surface area contributed by atoms with Crippen molar-refractivity contribution in [3.05, 3.63) is 59.7 Å². The van der Waals surface area contributed by atoms with Gasteiger partial charge in [-0.15, -0.1) is 0 Å². The molecule has 1 saturated heterocycles. The Balaban J connectivity index is 1.41. The molecule has 0 bridgehead atoms. The maximum Gasteiger partial charge on any atom is 0.407 e. The number of carbonyl (C=O) groups excluding carboxylic acids is 2. The average Bonchev–Trinajstić information content (AvgIpc) is 3.18. The summed E-state index contributed by atoms with van der Waals surface area (Å²) in [5.74, 6) is -1.75. The van der Waals surface area contributed by atoms with Crippen LogP contribution in [0.15, 0.2) is 48.5 Å². The maximum atomic E-state index is 13.3. The van der Waals surface area contributed by atoms with Crippen LogP contribution in [-0.4, -0.2) is 53.7 Å². The molecular formula is C28H34N2O5. The highest BCUT2D eigenvalue weighted by atomic mass is 16.5. The first-order valence-corrected chi connectivity index (χ1v) is 12.5. The smallest absolute Gasteiger partial charge is 0.407 e. The van der Waals surface area contributed by atoms with E-state index >= 15 is 0 Å². The van der Waals surface area contributed by atoms with Gasteiger partial charge in [-0.25, -0.2) is 4.79 Å². The molecule has 3 atom stereocenters. The van der Waals surface area contributed by atoms with Crippen LogP contribution >= 0.6 is 0 Å². The molecule has 3 unspecified atom stereocenters. The van der Waals surface area contributed by atoms with E-state index in [1.165, 1.54) is 0 Å². The summed E-state index contributed by atoms with van der Waals surface area (Å²) in [6, 6.07) is 15.5. The third-order valence-corrected chi connectivity index (χ3v) is 7.37. The molecule has 0 aromatic heterocycles. The lowest BCUT2D eigenvalue weighted by atomic mass is 9.87. The fourth-order valence-electron chi connectivity index (χ4n) is 5.26. The Hall–Kier alpha value is -3.35. The molecular weight excluding hydrogens is 444 g/mol. The van der Waals surface area contributed by atoms with Gasteiger partial charge in [0.05, 0.1) is 5.92 Å². The summed E-state index contributed by atoms with van der Waals surface area (Å²) in [7, 11) is 0. The van der Waals surface area contributed by atoms with Gasteiger partial charge in [0.25, 0.3) is 0 Å². The van der Waals surface area contributed by atoms with E-state index in [1.54, 1.807) is 4.90 Å². The lowest BCUT2D eigenvalue weighted by Crippen LogP contribution is -2.53. The number of likely N-dealkylation sites (tertiary alicyclic amines) is 1. The molecule has 4 rings (SSSR count). The third kappa shape index (κ3) is 5.34. The number of benzene rings is 2. The van der Waals surface area contributed by atoms with E-state index in [2.05, 4.69) is 29.6 Å². The van der Waals surface area contributed by atoms with E-state index in [0.29, 0.717) is 19.4 Å². The second-order valence-electron chi connectivity index (χ2n) is 9.66. The van der Waals surface area contributed by atoms with E-state index in [0.717, 1.165) is 35.1 Å². The number of piperidine rings is 1. The van der Waals surface area contributed by atoms with Gasteiger partial charge in [-0.05, 0) is 41.0 Å². The quantitative estimate of drug-likeness (QED) is 0.576. The van der Waals surface area contributed by atoms with E-state index < -0.39 is 24.0 Å². The van der Waals surface area contributed by atoms with Crippen molar-refractivity contribution >= 4 is 18.0 Å². The molecule has 2 N–H and O–H groups in total. The molecule has 0 spiro atoms. The average molecular weight is 479 g/mol. The first-order valence-electron chi connectivity index (χ1n) is 12.5. The minimum atomic E-state index is -0.885. The van der Waals surface area contributed by atoms with Crippen LogP contribution in [0, 0.1) is 11.8 Å². The number of carboxylic acids is 1. The zero-order valence-corrected chi connectivity index (χ0v) is 20.4. The van der Waals surface area contributed by atoms with Crippen molar-refractivity contribution in [1.29, 1.82) is 0 Å². The molecule has 0 radical (unpaired) electrons. The number of hydrogen-bond donors (Lipinski definition) is 2. The zero-order chi connectivity index (χ0) is 24.9. The fraction of sp³-hybridized carbons (Fsp3) is 0.464. The molecule has 0 saturated carbocycles. The highest BCUT2D eigenvalue weighted by Gasteiger charge is 2.36. The van der Waals surface area contributed by atoms with E-state index in [4.69, 9.17) is 4.74 Å². The fourth-order valence-corrected chi connectivity index (χ4v) is 5.26. The van der Waals surface area contributed by atoms with Crippen molar-refractivity contribution in [1.82, 2.24) is 10.2 Å². The Morgan fingerprint density at radius 2 is 1.71 bits per heavy atom. The number of fused-ring (bicyclic) bond motifs is 3. The van der Waals surface area contributed by atoms with Gasteiger partial charge in [0.1, 0.15) is 12.6 Å². The van der Waals surface area contributed by atoms with Gasteiger partial charge < -0.3 is 20.1 Å². The molecule has 1 heterocycles. The minimum absolute atomic E-state index is 0.0146. The summed E-state index contributed by atoms with van der Waals surface area (Å²) in [6.45, 7) is 4.78. The number of unbranched alkanes of at least 4 members (excludes halogenated alkanes) is 1. The Kier molecular flexibility index (Phi) is 7.73. The predicted molar refractivity (Wildman–Crippen MR) is 133 cm³/mol. The van der Waals surface area contributed by atoms with Crippen molar-refractivity contribution < 1.29 is 24.2 Å². The molecule has 2 aromatic carbocycles. The summed E-state index contributed by atoms with van der Waals surface area (Å²) in [4.78, 5) is 39.3. The zero-order valence-electron chi connectivity index (χ0n) is 20.4. The van der Waals surface area contributed by atoms with Crippen LogP contribution in [0.25, 0.3) is 11.1 Å². The summed E-state index contributed by atoms with van der Waals surface area (Å²) in [5, 5.41) is 12.3. The van der Waals surface area contributed by atoms with Gasteiger partial charge in [0.15, 0.2) is 0 Å². The maximum absolute atomic E-state index is 13.3. The molecule has 186 valence electrons. The predicted octanol–water partition coefficient (Wildman–Crippen LogP) is 4.65. The Morgan fingerprint density at radius 1 is 1.09 bits per heavy atom. The van der Waals surface area contributed by atoms with E-state index in [-0.39, 0.29) is 30.9 Å². The number of alkyl carbamates (subject to hydrolysis) is 1. The van der Waals surface area contributed by atoms with Gasteiger partial charge in [0, 0.05) is 19.0 Å². The number of nitrogens with one attached hydrogen (secondary N) is 1. The number of ether oxygens (including phenoxy) is 1. The SMILES string of the molecule is CCCCC(NC(=O)OCC1c2ccccc2-c2ccccc21)C(=O)N1CCC(C)C(C(=O)O)C1. The molecule has 1 fully saturated rings. The normalized spacial score (nSPS) is 20.0. The van der Waals surface area contributed by atoms with Gasteiger partial charge in [-0.1, -0.05) is 75.2 Å². The minimum Gasteiger partial charge on any atom is -0.481 e. The molecule has 2 aromatic rings. The van der Waals surface area contributed by atoms with Gasteiger partial charge >= 0.3 is 12.1 Å². The van der Waals surface area contributed by atoms with Crippen LogP contribution in [0.5, 0.6) is 0 Å². The van der Waals surface area contributed by atoms with E-state index in [1.807, 2.05) is 38.1 Å². The van der Waals surface area contributed by atoms with Crippen LogP contribution in [0.4, 0.5) is 4.79 Å². The van der Waals surface area contributed by atoms with Gasteiger partial charge in [0.2, 0.25) is 5.91 Å². The van der Waals surface area contributed by atoms with Crippen molar-refractivity contribution in [2.45, 2.75) is 51.5 Å². The lowest BCUT2D eigenvalue weighted by molar-refractivity contribution is -0.148. The van der Waals surface area contributed by atoms with Crippen molar-refractivity contribution in [3.8, 4) is 11.1 Å². The van der Waals surface area contributed by atoms with Gasteiger partial charge in [-0.2, -0.15) is 0 Å². The lowest BCUT2D eigenvalue weighted by Gasteiger charge is -2.36. The van der Waals surface area contributed by atoms with Crippen LogP contribution in [0.1, 0.15) is 56.6 Å². The number of hydrogen-bond acceptors (Lipinski definition) is 4. The molecule has 2 aliphatic rings. The second-order valence-corrected chi connectivity index (χ2v) is 9.66. The summed E-state index contributed by atoms with van der Waals surface area (Å²) in [5.41, 5.74) is 4.56. The van der Waals surface area contributed by atoms with Crippen LogP contribution < -0.4 is 5.32 Å². The molecule has 7 nitrogen and oxygen atoms in total. The number of carbonyl (C=O) groups is 3. The largest absolute Gasteiger partial charge is 0.481 e. The molecule has 7 heteroatoms. The molecule has 1 aliphatic carbocycles. The number of aliphatic carboxylic acids is 1. The number of carboxylic acid groups (broad SMARTS) is 1. The third-order valence-electron chi connectivity index (χ3n) is 7.37. The molecule has 1 aliphatic heterocycles. The van der Waals surface area contributed by atoms with Crippen molar-refractivity contribution in [2.75, 3.05) is 19.7 Å². The Bertz CT molecular complexity index is 1040. The Labute approximate surface area is 206 Å². The van der Waals surface area contributed by atoms with Crippen molar-refractivity contribution in [3.63, 3.8) is 0 Å². The first kappa shape index (κ1) is 24.8.